The maximum absolute atomic E-state index is 12.8. The molecular weight excluding hydrogens is 179 g/mol. The molecule has 1 heterocycles. The first-order valence-corrected chi connectivity index (χ1v) is 5.24. The number of halogens is 1. The summed E-state index contributed by atoms with van der Waals surface area (Å²) in [5.74, 6) is 0.253. The molecule has 0 unspecified atom stereocenters. The minimum atomic E-state index is -0.411. The quantitative estimate of drug-likeness (QED) is 0.732. The molecule has 0 spiro atoms. The number of hydrogen-bond donors (Lipinski definition) is 1. The van der Waals surface area contributed by atoms with Gasteiger partial charge in [-0.1, -0.05) is 25.3 Å². The first-order chi connectivity index (χ1) is 6.84. The van der Waals surface area contributed by atoms with Crippen LogP contribution in [0.3, 0.4) is 0 Å². The topological polar surface area (TPSA) is 24.9 Å². The van der Waals surface area contributed by atoms with Crippen molar-refractivity contribution in [2.45, 2.75) is 38.1 Å². The Morgan fingerprint density at radius 3 is 2.71 bits per heavy atom. The van der Waals surface area contributed by atoms with E-state index in [0.29, 0.717) is 11.9 Å². The largest absolute Gasteiger partial charge is 0.367 e. The third-order valence-corrected chi connectivity index (χ3v) is 2.67. The molecule has 3 heteroatoms. The molecule has 76 valence electrons. The maximum atomic E-state index is 12.8. The van der Waals surface area contributed by atoms with Crippen molar-refractivity contribution in [3.8, 4) is 0 Å². The zero-order valence-electron chi connectivity index (χ0n) is 8.17. The van der Waals surface area contributed by atoms with E-state index < -0.39 is 5.95 Å². The molecule has 14 heavy (non-hydrogen) atoms. The van der Waals surface area contributed by atoms with Crippen LogP contribution in [0.15, 0.2) is 18.2 Å². The molecule has 1 fully saturated rings. The molecule has 0 radical (unpaired) electrons. The van der Waals surface area contributed by atoms with Crippen LogP contribution in [-0.2, 0) is 0 Å². The summed E-state index contributed by atoms with van der Waals surface area (Å²) in [4.78, 5) is 3.79. The number of pyridine rings is 1. The van der Waals surface area contributed by atoms with Crippen LogP contribution >= 0.6 is 0 Å². The average molecular weight is 194 g/mol. The normalized spacial score (nSPS) is 18.1. The fourth-order valence-corrected chi connectivity index (χ4v) is 1.94. The summed E-state index contributed by atoms with van der Waals surface area (Å²) >= 11 is 0. The molecule has 1 aromatic rings. The van der Waals surface area contributed by atoms with Crippen LogP contribution in [0.25, 0.3) is 0 Å². The van der Waals surface area contributed by atoms with E-state index in [1.807, 2.05) is 6.07 Å². The minimum absolute atomic E-state index is 0.411. The molecule has 2 rings (SSSR count). The van der Waals surface area contributed by atoms with Crippen molar-refractivity contribution in [3.63, 3.8) is 0 Å². The predicted molar refractivity (Wildman–Crippen MR) is 54.7 cm³/mol. The summed E-state index contributed by atoms with van der Waals surface area (Å²) in [6.45, 7) is 0. The molecule has 1 saturated carbocycles. The molecule has 0 aromatic carbocycles. The van der Waals surface area contributed by atoms with Crippen molar-refractivity contribution in [3.05, 3.63) is 24.1 Å². The summed E-state index contributed by atoms with van der Waals surface area (Å²) in [6.07, 6.45) is 6.23. The SMILES string of the molecule is Fc1cccc(NC2CCCCC2)n1. The van der Waals surface area contributed by atoms with E-state index in [9.17, 15) is 4.39 Å². The lowest BCUT2D eigenvalue weighted by molar-refractivity contribution is 0.461. The van der Waals surface area contributed by atoms with Crippen LogP contribution in [0.2, 0.25) is 0 Å². The van der Waals surface area contributed by atoms with Gasteiger partial charge in [0, 0.05) is 6.04 Å². The van der Waals surface area contributed by atoms with Gasteiger partial charge in [0.15, 0.2) is 0 Å². The zero-order valence-corrected chi connectivity index (χ0v) is 8.17. The van der Waals surface area contributed by atoms with Crippen molar-refractivity contribution >= 4 is 5.82 Å². The molecule has 0 bridgehead atoms. The van der Waals surface area contributed by atoms with E-state index in [2.05, 4.69) is 10.3 Å². The van der Waals surface area contributed by atoms with Crippen LogP contribution in [-0.4, -0.2) is 11.0 Å². The standard InChI is InChI=1S/C11H15FN2/c12-10-7-4-8-11(14-10)13-9-5-2-1-3-6-9/h4,7-9H,1-3,5-6H2,(H,13,14). The van der Waals surface area contributed by atoms with Gasteiger partial charge in [0.2, 0.25) is 5.95 Å². The Labute approximate surface area is 83.6 Å². The molecule has 0 atom stereocenters. The molecule has 0 amide bonds. The van der Waals surface area contributed by atoms with Crippen molar-refractivity contribution in [1.82, 2.24) is 4.98 Å². The van der Waals surface area contributed by atoms with Crippen molar-refractivity contribution in [1.29, 1.82) is 0 Å². The highest BCUT2D eigenvalue weighted by molar-refractivity contribution is 5.34. The number of anilines is 1. The number of hydrogen-bond acceptors (Lipinski definition) is 2. The molecule has 0 saturated heterocycles. The maximum Gasteiger partial charge on any atom is 0.214 e. The lowest BCUT2D eigenvalue weighted by Crippen LogP contribution is -2.22. The summed E-state index contributed by atoms with van der Waals surface area (Å²) in [5, 5.41) is 3.27. The lowest BCUT2D eigenvalue weighted by Gasteiger charge is -2.23. The Morgan fingerprint density at radius 1 is 1.21 bits per heavy atom. The fourth-order valence-electron chi connectivity index (χ4n) is 1.94. The Bertz CT molecular complexity index is 295. The van der Waals surface area contributed by atoms with Gasteiger partial charge >= 0.3 is 0 Å². The van der Waals surface area contributed by atoms with Crippen LogP contribution in [0.4, 0.5) is 10.2 Å². The van der Waals surface area contributed by atoms with Crippen LogP contribution in [0.5, 0.6) is 0 Å². The Balaban J connectivity index is 1.95. The van der Waals surface area contributed by atoms with Gasteiger partial charge in [0.25, 0.3) is 0 Å². The van der Waals surface area contributed by atoms with Crippen LogP contribution < -0.4 is 5.32 Å². The van der Waals surface area contributed by atoms with E-state index in [1.165, 1.54) is 38.2 Å². The van der Waals surface area contributed by atoms with Gasteiger partial charge in [-0.15, -0.1) is 0 Å². The Hall–Kier alpha value is -1.12. The van der Waals surface area contributed by atoms with Gasteiger partial charge in [-0.05, 0) is 25.0 Å². The summed E-state index contributed by atoms with van der Waals surface area (Å²) < 4.78 is 12.8. The van der Waals surface area contributed by atoms with Gasteiger partial charge in [0.05, 0.1) is 0 Å². The highest BCUT2D eigenvalue weighted by atomic mass is 19.1. The molecule has 2 nitrogen and oxygen atoms in total. The number of nitrogens with one attached hydrogen (secondary N) is 1. The Kier molecular flexibility index (Phi) is 2.96. The number of aromatic nitrogens is 1. The summed E-state index contributed by atoms with van der Waals surface area (Å²) in [6, 6.07) is 5.36. The second-order valence-corrected chi connectivity index (χ2v) is 3.82. The molecule has 1 N–H and O–H groups in total. The smallest absolute Gasteiger partial charge is 0.214 e. The van der Waals surface area contributed by atoms with Gasteiger partial charge in [-0.25, -0.2) is 4.98 Å². The van der Waals surface area contributed by atoms with E-state index >= 15 is 0 Å². The second kappa shape index (κ2) is 4.40. The highest BCUT2D eigenvalue weighted by Gasteiger charge is 2.13. The van der Waals surface area contributed by atoms with Crippen molar-refractivity contribution < 1.29 is 4.39 Å². The van der Waals surface area contributed by atoms with E-state index in [-0.39, 0.29) is 0 Å². The summed E-state index contributed by atoms with van der Waals surface area (Å²) in [5.41, 5.74) is 0. The van der Waals surface area contributed by atoms with Crippen LogP contribution in [0.1, 0.15) is 32.1 Å². The van der Waals surface area contributed by atoms with E-state index in [0.717, 1.165) is 0 Å². The summed E-state index contributed by atoms with van der Waals surface area (Å²) in [7, 11) is 0. The van der Waals surface area contributed by atoms with Crippen molar-refractivity contribution in [2.24, 2.45) is 0 Å². The number of rotatable bonds is 2. The fraction of sp³-hybridized carbons (Fsp3) is 0.545. The monoisotopic (exact) mass is 194 g/mol. The first kappa shape index (κ1) is 9.44. The van der Waals surface area contributed by atoms with Crippen LogP contribution in [0, 0.1) is 5.95 Å². The van der Waals surface area contributed by atoms with Gasteiger partial charge in [-0.2, -0.15) is 4.39 Å². The third kappa shape index (κ3) is 2.44. The van der Waals surface area contributed by atoms with Gasteiger partial charge in [-0.3, -0.25) is 0 Å². The molecule has 1 aliphatic carbocycles. The van der Waals surface area contributed by atoms with Crippen molar-refractivity contribution in [2.75, 3.05) is 5.32 Å². The Morgan fingerprint density at radius 2 is 2.00 bits per heavy atom. The average Bonchev–Trinajstić information content (AvgIpc) is 2.19. The van der Waals surface area contributed by atoms with Gasteiger partial charge in [0.1, 0.15) is 5.82 Å². The second-order valence-electron chi connectivity index (χ2n) is 3.82. The highest BCUT2D eigenvalue weighted by Crippen LogP contribution is 2.20. The first-order valence-electron chi connectivity index (χ1n) is 5.24. The van der Waals surface area contributed by atoms with Gasteiger partial charge < -0.3 is 5.32 Å². The lowest BCUT2D eigenvalue weighted by atomic mass is 9.95. The third-order valence-electron chi connectivity index (χ3n) is 2.67. The van der Waals surface area contributed by atoms with E-state index in [1.54, 1.807) is 6.07 Å². The van der Waals surface area contributed by atoms with E-state index in [4.69, 9.17) is 0 Å². The zero-order chi connectivity index (χ0) is 9.80. The predicted octanol–water partition coefficient (Wildman–Crippen LogP) is 2.97. The number of nitrogens with zero attached hydrogens (tertiary/aromatic N) is 1. The minimum Gasteiger partial charge on any atom is -0.367 e. The molecular formula is C11H15FN2. The molecule has 1 aliphatic rings. The molecule has 1 aromatic heterocycles. The molecule has 0 aliphatic heterocycles.